The zero-order valence-electron chi connectivity index (χ0n) is 10.7. The van der Waals surface area contributed by atoms with E-state index in [-0.39, 0.29) is 12.5 Å². The van der Waals surface area contributed by atoms with E-state index in [1.54, 1.807) is 13.3 Å². The summed E-state index contributed by atoms with van der Waals surface area (Å²) < 4.78 is 5.20. The van der Waals surface area contributed by atoms with Crippen LogP contribution in [0.3, 0.4) is 0 Å². The quantitative estimate of drug-likeness (QED) is 0.850. The number of aliphatic hydroxyl groups is 1. The molecule has 0 spiro atoms. The van der Waals surface area contributed by atoms with Gasteiger partial charge in [-0.15, -0.1) is 0 Å². The fourth-order valence-electron chi connectivity index (χ4n) is 1.76. The van der Waals surface area contributed by atoms with E-state index in [1.165, 1.54) is 0 Å². The SMILES string of the molecule is COc1ccc2c(NCC(C)CO)nccc2c1. The van der Waals surface area contributed by atoms with Gasteiger partial charge >= 0.3 is 0 Å². The Bertz CT molecular complexity index is 528. The van der Waals surface area contributed by atoms with E-state index in [2.05, 4.69) is 10.3 Å². The monoisotopic (exact) mass is 246 g/mol. The summed E-state index contributed by atoms with van der Waals surface area (Å²) in [5.74, 6) is 1.89. The molecule has 1 aromatic carbocycles. The van der Waals surface area contributed by atoms with Crippen molar-refractivity contribution in [3.05, 3.63) is 30.5 Å². The molecule has 0 aliphatic carbocycles. The van der Waals surface area contributed by atoms with Gasteiger partial charge in [-0.2, -0.15) is 0 Å². The standard InChI is InChI=1S/C14H18N2O2/c1-10(9-17)8-16-14-13-4-3-12(18-2)7-11(13)5-6-15-14/h3-7,10,17H,8-9H2,1-2H3,(H,15,16). The van der Waals surface area contributed by atoms with E-state index in [0.29, 0.717) is 6.54 Å². The molecule has 0 aliphatic heterocycles. The minimum Gasteiger partial charge on any atom is -0.497 e. The van der Waals surface area contributed by atoms with Gasteiger partial charge in [0.05, 0.1) is 7.11 Å². The van der Waals surface area contributed by atoms with Crippen LogP contribution in [0, 0.1) is 5.92 Å². The Morgan fingerprint density at radius 3 is 2.94 bits per heavy atom. The minimum atomic E-state index is 0.172. The van der Waals surface area contributed by atoms with Gasteiger partial charge in [0, 0.05) is 24.7 Å². The number of fused-ring (bicyclic) bond motifs is 1. The fraction of sp³-hybridized carbons (Fsp3) is 0.357. The molecule has 0 aliphatic rings. The summed E-state index contributed by atoms with van der Waals surface area (Å²) in [7, 11) is 1.66. The molecule has 0 radical (unpaired) electrons. The molecule has 4 nitrogen and oxygen atoms in total. The van der Waals surface area contributed by atoms with Crippen LogP contribution in [0.15, 0.2) is 30.5 Å². The maximum absolute atomic E-state index is 9.02. The average molecular weight is 246 g/mol. The number of hydrogen-bond acceptors (Lipinski definition) is 4. The third kappa shape index (κ3) is 2.71. The van der Waals surface area contributed by atoms with Crippen LogP contribution in [-0.4, -0.2) is 30.4 Å². The van der Waals surface area contributed by atoms with Gasteiger partial charge in [-0.05, 0) is 35.6 Å². The van der Waals surface area contributed by atoms with Gasteiger partial charge in [0.1, 0.15) is 11.6 Å². The second-order valence-electron chi connectivity index (χ2n) is 4.42. The first-order chi connectivity index (χ1) is 8.74. The summed E-state index contributed by atoms with van der Waals surface area (Å²) in [6, 6.07) is 7.86. The van der Waals surface area contributed by atoms with Gasteiger partial charge in [-0.1, -0.05) is 6.92 Å². The molecule has 1 unspecified atom stereocenters. The Morgan fingerprint density at radius 2 is 2.22 bits per heavy atom. The second-order valence-corrected chi connectivity index (χ2v) is 4.42. The van der Waals surface area contributed by atoms with Gasteiger partial charge in [-0.3, -0.25) is 0 Å². The lowest BCUT2D eigenvalue weighted by atomic mass is 10.1. The molecule has 0 fully saturated rings. The number of pyridine rings is 1. The first kappa shape index (κ1) is 12.6. The Labute approximate surface area is 107 Å². The smallest absolute Gasteiger partial charge is 0.133 e. The van der Waals surface area contributed by atoms with Gasteiger partial charge < -0.3 is 15.2 Å². The van der Waals surface area contributed by atoms with Gasteiger partial charge in [0.15, 0.2) is 0 Å². The Balaban J connectivity index is 2.28. The van der Waals surface area contributed by atoms with Gasteiger partial charge in [0.2, 0.25) is 0 Å². The van der Waals surface area contributed by atoms with E-state index in [1.807, 2.05) is 31.2 Å². The summed E-state index contributed by atoms with van der Waals surface area (Å²) in [4.78, 5) is 4.34. The summed E-state index contributed by atoms with van der Waals surface area (Å²) in [6.45, 7) is 2.86. The molecule has 4 heteroatoms. The molecule has 2 N–H and O–H groups in total. The molecule has 0 amide bonds. The van der Waals surface area contributed by atoms with Crippen LogP contribution in [0.25, 0.3) is 10.8 Å². The first-order valence-corrected chi connectivity index (χ1v) is 6.02. The summed E-state index contributed by atoms with van der Waals surface area (Å²) in [5, 5.41) is 14.4. The van der Waals surface area contributed by atoms with Crippen molar-refractivity contribution in [1.82, 2.24) is 4.98 Å². The van der Waals surface area contributed by atoms with Crippen molar-refractivity contribution >= 4 is 16.6 Å². The average Bonchev–Trinajstić information content (AvgIpc) is 2.43. The van der Waals surface area contributed by atoms with E-state index in [4.69, 9.17) is 9.84 Å². The third-order valence-corrected chi connectivity index (χ3v) is 2.90. The molecule has 2 aromatic rings. The number of rotatable bonds is 5. The molecule has 0 saturated heterocycles. The van der Waals surface area contributed by atoms with Gasteiger partial charge in [-0.25, -0.2) is 4.98 Å². The van der Waals surface area contributed by atoms with Crippen LogP contribution in [0.5, 0.6) is 5.75 Å². The predicted octanol–water partition coefficient (Wildman–Crippen LogP) is 2.28. The largest absolute Gasteiger partial charge is 0.497 e. The first-order valence-electron chi connectivity index (χ1n) is 6.02. The number of nitrogens with zero attached hydrogens (tertiary/aromatic N) is 1. The summed E-state index contributed by atoms with van der Waals surface area (Å²) >= 11 is 0. The van der Waals surface area contributed by atoms with Crippen LogP contribution >= 0.6 is 0 Å². The molecule has 96 valence electrons. The molecule has 1 atom stereocenters. The topological polar surface area (TPSA) is 54.4 Å². The maximum Gasteiger partial charge on any atom is 0.133 e. The molecule has 1 aromatic heterocycles. The highest BCUT2D eigenvalue weighted by atomic mass is 16.5. The molecular formula is C14H18N2O2. The minimum absolute atomic E-state index is 0.172. The number of anilines is 1. The highest BCUT2D eigenvalue weighted by molar-refractivity contribution is 5.92. The summed E-state index contributed by atoms with van der Waals surface area (Å²) in [5.41, 5.74) is 0. The van der Waals surface area contributed by atoms with Crippen molar-refractivity contribution in [2.45, 2.75) is 6.92 Å². The van der Waals surface area contributed by atoms with Crippen molar-refractivity contribution in [2.75, 3.05) is 25.6 Å². The molecule has 0 bridgehead atoms. The van der Waals surface area contributed by atoms with Crippen molar-refractivity contribution in [3.8, 4) is 5.75 Å². The van der Waals surface area contributed by atoms with Crippen LogP contribution in [0.1, 0.15) is 6.92 Å². The number of nitrogens with one attached hydrogen (secondary N) is 1. The van der Waals surface area contributed by atoms with Crippen LogP contribution in [0.4, 0.5) is 5.82 Å². The van der Waals surface area contributed by atoms with Crippen molar-refractivity contribution < 1.29 is 9.84 Å². The number of methoxy groups -OCH3 is 1. The zero-order chi connectivity index (χ0) is 13.0. The molecule has 1 heterocycles. The fourth-order valence-corrected chi connectivity index (χ4v) is 1.76. The lowest BCUT2D eigenvalue weighted by Crippen LogP contribution is -2.15. The van der Waals surface area contributed by atoms with Crippen molar-refractivity contribution in [1.29, 1.82) is 0 Å². The third-order valence-electron chi connectivity index (χ3n) is 2.90. The number of hydrogen-bond donors (Lipinski definition) is 2. The Kier molecular flexibility index (Phi) is 3.99. The molecule has 0 saturated carbocycles. The van der Waals surface area contributed by atoms with E-state index in [0.717, 1.165) is 22.3 Å². The van der Waals surface area contributed by atoms with E-state index in [9.17, 15) is 0 Å². The number of ether oxygens (including phenoxy) is 1. The van der Waals surface area contributed by atoms with Crippen molar-refractivity contribution in [2.24, 2.45) is 5.92 Å². The van der Waals surface area contributed by atoms with Crippen LogP contribution < -0.4 is 10.1 Å². The van der Waals surface area contributed by atoms with Crippen LogP contribution in [-0.2, 0) is 0 Å². The number of benzene rings is 1. The van der Waals surface area contributed by atoms with E-state index < -0.39 is 0 Å². The highest BCUT2D eigenvalue weighted by Crippen LogP contribution is 2.25. The highest BCUT2D eigenvalue weighted by Gasteiger charge is 2.05. The maximum atomic E-state index is 9.02. The predicted molar refractivity (Wildman–Crippen MR) is 73.0 cm³/mol. The van der Waals surface area contributed by atoms with Gasteiger partial charge in [0.25, 0.3) is 0 Å². The lowest BCUT2D eigenvalue weighted by molar-refractivity contribution is 0.244. The number of aliphatic hydroxyl groups excluding tert-OH is 1. The van der Waals surface area contributed by atoms with E-state index >= 15 is 0 Å². The number of aromatic nitrogens is 1. The second kappa shape index (κ2) is 5.69. The van der Waals surface area contributed by atoms with Crippen molar-refractivity contribution in [3.63, 3.8) is 0 Å². The zero-order valence-corrected chi connectivity index (χ0v) is 10.7. The molecular weight excluding hydrogens is 228 g/mol. The Hall–Kier alpha value is -1.81. The molecule has 18 heavy (non-hydrogen) atoms. The summed E-state index contributed by atoms with van der Waals surface area (Å²) in [6.07, 6.45) is 1.77. The Morgan fingerprint density at radius 1 is 1.39 bits per heavy atom. The molecule has 2 rings (SSSR count). The van der Waals surface area contributed by atoms with Crippen LogP contribution in [0.2, 0.25) is 0 Å². The normalized spacial score (nSPS) is 12.4. The lowest BCUT2D eigenvalue weighted by Gasteiger charge is -2.12.